The van der Waals surface area contributed by atoms with Gasteiger partial charge in [-0.1, -0.05) is 24.3 Å². The van der Waals surface area contributed by atoms with Gasteiger partial charge in [0.1, 0.15) is 11.5 Å². The maximum atomic E-state index is 9.87. The van der Waals surface area contributed by atoms with Crippen LogP contribution < -0.4 is 4.74 Å². The number of phenolic OH excluding ortho intramolecular Hbond substituents is 1. The van der Waals surface area contributed by atoms with Crippen molar-refractivity contribution in [3.8, 4) is 22.6 Å². The molecule has 0 aliphatic rings. The minimum Gasteiger partial charge on any atom is -0.507 e. The van der Waals surface area contributed by atoms with Crippen molar-refractivity contribution in [1.82, 2.24) is 0 Å². The van der Waals surface area contributed by atoms with Crippen LogP contribution in [0.2, 0.25) is 0 Å². The molecule has 0 bridgehead atoms. The van der Waals surface area contributed by atoms with Crippen LogP contribution in [0.5, 0.6) is 11.5 Å². The van der Waals surface area contributed by atoms with Crippen molar-refractivity contribution in [3.63, 3.8) is 0 Å². The van der Waals surface area contributed by atoms with Gasteiger partial charge in [-0.15, -0.1) is 0 Å². The predicted molar refractivity (Wildman–Crippen MR) is 69.4 cm³/mol. The topological polar surface area (TPSA) is 29.5 Å². The number of para-hydroxylation sites is 1. The molecule has 0 fully saturated rings. The Hall–Kier alpha value is -1.96. The van der Waals surface area contributed by atoms with E-state index in [9.17, 15) is 5.11 Å². The summed E-state index contributed by atoms with van der Waals surface area (Å²) in [5.41, 5.74) is 2.97. The number of aryl methyl sites for hydroxylation is 1. The van der Waals surface area contributed by atoms with Crippen LogP contribution in [0.4, 0.5) is 0 Å². The lowest BCUT2D eigenvalue weighted by atomic mass is 9.99. The summed E-state index contributed by atoms with van der Waals surface area (Å²) < 4.78 is 5.48. The molecule has 0 aliphatic heterocycles. The van der Waals surface area contributed by atoms with E-state index in [2.05, 4.69) is 0 Å². The van der Waals surface area contributed by atoms with Crippen LogP contribution in [0.1, 0.15) is 12.5 Å². The van der Waals surface area contributed by atoms with E-state index in [0.717, 1.165) is 22.4 Å². The van der Waals surface area contributed by atoms with Crippen LogP contribution >= 0.6 is 0 Å². The molecule has 0 radical (unpaired) electrons. The van der Waals surface area contributed by atoms with Gasteiger partial charge in [0.05, 0.1) is 6.61 Å². The van der Waals surface area contributed by atoms with Gasteiger partial charge in [0.25, 0.3) is 0 Å². The van der Waals surface area contributed by atoms with Crippen LogP contribution in [-0.4, -0.2) is 11.7 Å². The van der Waals surface area contributed by atoms with Crippen molar-refractivity contribution in [2.75, 3.05) is 6.61 Å². The first-order chi connectivity index (χ1) is 8.22. The van der Waals surface area contributed by atoms with E-state index in [-0.39, 0.29) is 0 Å². The van der Waals surface area contributed by atoms with Gasteiger partial charge in [-0.3, -0.25) is 0 Å². The van der Waals surface area contributed by atoms with Crippen molar-refractivity contribution >= 4 is 0 Å². The Morgan fingerprint density at radius 1 is 1.06 bits per heavy atom. The minimum atomic E-state index is 0.296. The van der Waals surface area contributed by atoms with E-state index < -0.39 is 0 Å². The minimum absolute atomic E-state index is 0.296. The zero-order valence-corrected chi connectivity index (χ0v) is 10.1. The molecule has 0 amide bonds. The number of phenols is 1. The van der Waals surface area contributed by atoms with E-state index in [1.807, 2.05) is 50.2 Å². The van der Waals surface area contributed by atoms with Gasteiger partial charge < -0.3 is 9.84 Å². The molecule has 0 aliphatic carbocycles. The second kappa shape index (κ2) is 4.91. The molecule has 0 saturated carbocycles. The van der Waals surface area contributed by atoms with E-state index in [4.69, 9.17) is 4.74 Å². The van der Waals surface area contributed by atoms with Gasteiger partial charge in [-0.25, -0.2) is 0 Å². The van der Waals surface area contributed by atoms with Gasteiger partial charge in [-0.05, 0) is 43.2 Å². The first-order valence-corrected chi connectivity index (χ1v) is 5.74. The fraction of sp³-hybridized carbons (Fsp3) is 0.200. The lowest BCUT2D eigenvalue weighted by molar-refractivity contribution is 0.340. The molecule has 0 spiro atoms. The van der Waals surface area contributed by atoms with Gasteiger partial charge in [-0.2, -0.15) is 0 Å². The standard InChI is InChI=1S/C15H16O2/c1-3-17-12-9-8-11(2)14(10-12)13-6-4-5-7-15(13)16/h4-10,16H,3H2,1-2H3. The molecule has 2 heteroatoms. The van der Waals surface area contributed by atoms with E-state index in [1.54, 1.807) is 6.07 Å². The predicted octanol–water partition coefficient (Wildman–Crippen LogP) is 3.77. The Bertz CT molecular complexity index is 518. The van der Waals surface area contributed by atoms with Crippen LogP contribution in [0.25, 0.3) is 11.1 Å². The summed E-state index contributed by atoms with van der Waals surface area (Å²) in [7, 11) is 0. The zero-order valence-electron chi connectivity index (χ0n) is 10.1. The van der Waals surface area contributed by atoms with Crippen molar-refractivity contribution < 1.29 is 9.84 Å². The monoisotopic (exact) mass is 228 g/mol. The van der Waals surface area contributed by atoms with Gasteiger partial charge in [0.2, 0.25) is 0 Å². The van der Waals surface area contributed by atoms with E-state index >= 15 is 0 Å². The van der Waals surface area contributed by atoms with E-state index in [0.29, 0.717) is 12.4 Å². The van der Waals surface area contributed by atoms with Crippen molar-refractivity contribution in [2.45, 2.75) is 13.8 Å². The number of ether oxygens (including phenoxy) is 1. The lowest BCUT2D eigenvalue weighted by Crippen LogP contribution is -1.92. The molecule has 2 nitrogen and oxygen atoms in total. The summed E-state index contributed by atoms with van der Waals surface area (Å²) in [6.07, 6.45) is 0. The SMILES string of the molecule is CCOc1ccc(C)c(-c2ccccc2O)c1. The normalized spacial score (nSPS) is 10.2. The zero-order chi connectivity index (χ0) is 12.3. The highest BCUT2D eigenvalue weighted by Gasteiger charge is 2.07. The molecule has 0 saturated heterocycles. The molecule has 88 valence electrons. The molecular weight excluding hydrogens is 212 g/mol. The molecule has 17 heavy (non-hydrogen) atoms. The van der Waals surface area contributed by atoms with Gasteiger partial charge >= 0.3 is 0 Å². The second-order valence-corrected chi connectivity index (χ2v) is 3.93. The van der Waals surface area contributed by atoms with Crippen LogP contribution in [0.15, 0.2) is 42.5 Å². The maximum absolute atomic E-state index is 9.87. The molecule has 1 N–H and O–H groups in total. The third kappa shape index (κ3) is 2.41. The van der Waals surface area contributed by atoms with E-state index in [1.165, 1.54) is 0 Å². The smallest absolute Gasteiger partial charge is 0.123 e. The first kappa shape index (κ1) is 11.5. The lowest BCUT2D eigenvalue weighted by Gasteiger charge is -2.10. The van der Waals surface area contributed by atoms with Crippen LogP contribution in [-0.2, 0) is 0 Å². The van der Waals surface area contributed by atoms with Crippen molar-refractivity contribution in [3.05, 3.63) is 48.0 Å². The number of hydrogen-bond acceptors (Lipinski definition) is 2. The third-order valence-electron chi connectivity index (χ3n) is 2.71. The van der Waals surface area contributed by atoms with Crippen molar-refractivity contribution in [2.24, 2.45) is 0 Å². The Morgan fingerprint density at radius 3 is 2.53 bits per heavy atom. The molecule has 0 unspecified atom stereocenters. The van der Waals surface area contributed by atoms with Gasteiger partial charge in [0.15, 0.2) is 0 Å². The number of hydrogen-bond donors (Lipinski definition) is 1. The molecular formula is C15H16O2. The first-order valence-electron chi connectivity index (χ1n) is 5.74. The third-order valence-corrected chi connectivity index (χ3v) is 2.71. The Kier molecular flexibility index (Phi) is 3.33. The summed E-state index contributed by atoms with van der Waals surface area (Å²) in [4.78, 5) is 0. The summed E-state index contributed by atoms with van der Waals surface area (Å²) in [5, 5.41) is 9.87. The average molecular weight is 228 g/mol. The van der Waals surface area contributed by atoms with Crippen molar-refractivity contribution in [1.29, 1.82) is 0 Å². The second-order valence-electron chi connectivity index (χ2n) is 3.93. The molecule has 0 heterocycles. The Morgan fingerprint density at radius 2 is 1.82 bits per heavy atom. The fourth-order valence-electron chi connectivity index (χ4n) is 1.85. The van der Waals surface area contributed by atoms with Gasteiger partial charge in [0, 0.05) is 5.56 Å². The Balaban J connectivity index is 2.51. The highest BCUT2D eigenvalue weighted by Crippen LogP contribution is 2.33. The molecule has 2 aromatic carbocycles. The van der Waals surface area contributed by atoms with Crippen LogP contribution in [0.3, 0.4) is 0 Å². The molecule has 0 atom stereocenters. The average Bonchev–Trinajstić information content (AvgIpc) is 2.33. The largest absolute Gasteiger partial charge is 0.507 e. The summed E-state index contributed by atoms with van der Waals surface area (Å²) >= 11 is 0. The highest BCUT2D eigenvalue weighted by atomic mass is 16.5. The number of benzene rings is 2. The maximum Gasteiger partial charge on any atom is 0.123 e. The Labute approximate surface area is 101 Å². The molecule has 2 aromatic rings. The summed E-state index contributed by atoms with van der Waals surface area (Å²) in [5.74, 6) is 1.13. The summed E-state index contributed by atoms with van der Waals surface area (Å²) in [6.45, 7) is 4.63. The van der Waals surface area contributed by atoms with Crippen LogP contribution in [0, 0.1) is 6.92 Å². The molecule has 0 aromatic heterocycles. The number of aromatic hydroxyl groups is 1. The fourth-order valence-corrected chi connectivity index (χ4v) is 1.85. The quantitative estimate of drug-likeness (QED) is 0.866. The molecule has 2 rings (SSSR count). The summed E-state index contributed by atoms with van der Waals surface area (Å²) in [6, 6.07) is 13.3. The number of rotatable bonds is 3. The highest BCUT2D eigenvalue weighted by molar-refractivity contribution is 5.73.